The molecule has 142 valence electrons. The predicted octanol–water partition coefficient (Wildman–Crippen LogP) is 3.65. The molecule has 6 nitrogen and oxygen atoms in total. The van der Waals surface area contributed by atoms with E-state index in [1.54, 1.807) is 31.2 Å². The summed E-state index contributed by atoms with van der Waals surface area (Å²) < 4.78 is 5.64. The number of piperidine rings is 1. The highest BCUT2D eigenvalue weighted by atomic mass is 32.1. The van der Waals surface area contributed by atoms with E-state index in [4.69, 9.17) is 10.00 Å². The molecule has 1 saturated heterocycles. The smallest absolute Gasteiger partial charge is 0.266 e. The Kier molecular flexibility index (Phi) is 6.43. The summed E-state index contributed by atoms with van der Waals surface area (Å²) in [4.78, 5) is 19.3. The number of anilines is 1. The van der Waals surface area contributed by atoms with Crippen molar-refractivity contribution in [3.63, 3.8) is 0 Å². The van der Waals surface area contributed by atoms with Gasteiger partial charge in [0.05, 0.1) is 17.3 Å². The Hall–Kier alpha value is -2.43. The third-order valence-corrected chi connectivity index (χ3v) is 5.38. The van der Waals surface area contributed by atoms with Crippen molar-refractivity contribution in [3.05, 3.63) is 40.9 Å². The largest absolute Gasteiger partial charge is 0.481 e. The summed E-state index contributed by atoms with van der Waals surface area (Å²) in [5.41, 5.74) is 1.54. The molecule has 2 aromatic rings. The van der Waals surface area contributed by atoms with Gasteiger partial charge in [-0.15, -0.1) is 11.3 Å². The van der Waals surface area contributed by atoms with Crippen LogP contribution < -0.4 is 10.1 Å². The van der Waals surface area contributed by atoms with Gasteiger partial charge in [0.25, 0.3) is 5.91 Å². The number of amides is 1. The molecular formula is C20H24N4O2S. The van der Waals surface area contributed by atoms with Gasteiger partial charge >= 0.3 is 0 Å². The van der Waals surface area contributed by atoms with Gasteiger partial charge in [-0.05, 0) is 56.5 Å². The molecule has 1 aliphatic heterocycles. The average molecular weight is 385 g/mol. The van der Waals surface area contributed by atoms with Crippen LogP contribution in [0.15, 0.2) is 29.6 Å². The number of rotatable bonds is 6. The van der Waals surface area contributed by atoms with Crippen LogP contribution in [0.4, 0.5) is 5.13 Å². The second kappa shape index (κ2) is 8.98. The van der Waals surface area contributed by atoms with E-state index in [1.807, 2.05) is 5.38 Å². The molecule has 0 radical (unpaired) electrons. The van der Waals surface area contributed by atoms with Crippen molar-refractivity contribution in [2.24, 2.45) is 5.92 Å². The summed E-state index contributed by atoms with van der Waals surface area (Å²) in [5, 5.41) is 14.2. The Labute approximate surface area is 163 Å². The van der Waals surface area contributed by atoms with Crippen molar-refractivity contribution in [1.82, 2.24) is 9.88 Å². The highest BCUT2D eigenvalue weighted by Crippen LogP contribution is 2.21. The van der Waals surface area contributed by atoms with Crippen molar-refractivity contribution >= 4 is 22.4 Å². The fourth-order valence-corrected chi connectivity index (χ4v) is 3.87. The number of benzene rings is 1. The van der Waals surface area contributed by atoms with Gasteiger partial charge in [0.1, 0.15) is 5.75 Å². The molecule has 1 aliphatic rings. The normalized spacial score (nSPS) is 18.5. The predicted molar refractivity (Wildman–Crippen MR) is 106 cm³/mol. The lowest BCUT2D eigenvalue weighted by Crippen LogP contribution is -2.33. The molecule has 3 rings (SSSR count). The van der Waals surface area contributed by atoms with Gasteiger partial charge in [0, 0.05) is 18.5 Å². The number of nitriles is 1. The molecule has 7 heteroatoms. The number of likely N-dealkylation sites (tertiary alicyclic amines) is 1. The molecule has 27 heavy (non-hydrogen) atoms. The number of thiazole rings is 1. The molecule has 1 amide bonds. The van der Waals surface area contributed by atoms with Crippen LogP contribution in [0, 0.1) is 17.2 Å². The molecular weight excluding hydrogens is 360 g/mol. The van der Waals surface area contributed by atoms with Gasteiger partial charge in [-0.1, -0.05) is 6.92 Å². The topological polar surface area (TPSA) is 78.3 Å². The minimum atomic E-state index is -0.659. The number of hydrogen-bond donors (Lipinski definition) is 1. The summed E-state index contributed by atoms with van der Waals surface area (Å²) in [6.45, 7) is 7.02. The summed E-state index contributed by atoms with van der Waals surface area (Å²) >= 11 is 1.43. The van der Waals surface area contributed by atoms with E-state index in [0.717, 1.165) is 31.2 Å². The number of carbonyl (C=O) groups is 1. The van der Waals surface area contributed by atoms with Crippen LogP contribution in [-0.2, 0) is 11.3 Å². The van der Waals surface area contributed by atoms with E-state index < -0.39 is 6.10 Å². The Morgan fingerprint density at radius 2 is 2.26 bits per heavy atom. The van der Waals surface area contributed by atoms with E-state index >= 15 is 0 Å². The Balaban J connectivity index is 1.51. The summed E-state index contributed by atoms with van der Waals surface area (Å²) in [7, 11) is 0. The summed E-state index contributed by atoms with van der Waals surface area (Å²) in [6.07, 6.45) is 1.87. The van der Waals surface area contributed by atoms with E-state index in [2.05, 4.69) is 28.2 Å². The monoisotopic (exact) mass is 384 g/mol. The van der Waals surface area contributed by atoms with E-state index in [9.17, 15) is 4.79 Å². The van der Waals surface area contributed by atoms with Crippen molar-refractivity contribution in [1.29, 1.82) is 5.26 Å². The Bertz CT molecular complexity index is 812. The van der Waals surface area contributed by atoms with Crippen molar-refractivity contribution in [2.45, 2.75) is 39.3 Å². The summed E-state index contributed by atoms with van der Waals surface area (Å²) in [6, 6.07) is 8.74. The second-order valence-corrected chi connectivity index (χ2v) is 7.87. The highest BCUT2D eigenvalue weighted by Gasteiger charge is 2.19. The lowest BCUT2D eigenvalue weighted by Gasteiger charge is -2.30. The molecule has 2 unspecified atom stereocenters. The van der Waals surface area contributed by atoms with E-state index in [0.29, 0.717) is 16.4 Å². The molecule has 2 heterocycles. The molecule has 1 N–H and O–H groups in total. The number of nitrogens with one attached hydrogen (secondary N) is 1. The van der Waals surface area contributed by atoms with Crippen LogP contribution in [0.2, 0.25) is 0 Å². The molecule has 1 aromatic carbocycles. The molecule has 1 fully saturated rings. The number of aromatic nitrogens is 1. The first-order valence-corrected chi connectivity index (χ1v) is 10.1. The van der Waals surface area contributed by atoms with E-state index in [1.165, 1.54) is 24.2 Å². The molecule has 1 aromatic heterocycles. The number of ether oxygens (including phenoxy) is 1. The first-order valence-electron chi connectivity index (χ1n) is 9.18. The third-order valence-electron chi connectivity index (χ3n) is 4.57. The zero-order valence-electron chi connectivity index (χ0n) is 15.6. The van der Waals surface area contributed by atoms with Gasteiger partial charge in [-0.2, -0.15) is 5.26 Å². The Morgan fingerprint density at radius 1 is 1.48 bits per heavy atom. The SMILES string of the molecule is CC1CCCN(Cc2csc(NC(=O)C(C)Oc3ccc(C#N)cc3)n2)C1. The van der Waals surface area contributed by atoms with Crippen LogP contribution in [0.3, 0.4) is 0 Å². The van der Waals surface area contributed by atoms with Crippen molar-refractivity contribution < 1.29 is 9.53 Å². The fraction of sp³-hybridized carbons (Fsp3) is 0.450. The Morgan fingerprint density at radius 3 is 2.96 bits per heavy atom. The standard InChI is InChI=1S/C20H24N4O2S/c1-14-4-3-9-24(11-14)12-17-13-27-20(22-17)23-19(25)15(2)26-18-7-5-16(10-21)6-8-18/h5-8,13-15H,3-4,9,11-12H2,1-2H3,(H,22,23,25). The maximum atomic E-state index is 12.3. The van der Waals surface area contributed by atoms with Crippen LogP contribution in [0.1, 0.15) is 37.9 Å². The molecule has 0 saturated carbocycles. The van der Waals surface area contributed by atoms with Crippen LogP contribution in [0.25, 0.3) is 0 Å². The van der Waals surface area contributed by atoms with Crippen molar-refractivity contribution in [2.75, 3.05) is 18.4 Å². The number of hydrogen-bond acceptors (Lipinski definition) is 6. The highest BCUT2D eigenvalue weighted by molar-refractivity contribution is 7.13. The van der Waals surface area contributed by atoms with Gasteiger partial charge in [0.2, 0.25) is 0 Å². The summed E-state index contributed by atoms with van der Waals surface area (Å²) in [5.74, 6) is 1.04. The average Bonchev–Trinajstić information content (AvgIpc) is 3.09. The van der Waals surface area contributed by atoms with Gasteiger partial charge in [0.15, 0.2) is 11.2 Å². The van der Waals surface area contributed by atoms with Gasteiger partial charge < -0.3 is 4.74 Å². The first-order chi connectivity index (χ1) is 13.0. The quantitative estimate of drug-likeness (QED) is 0.822. The van der Waals surface area contributed by atoms with Crippen LogP contribution in [-0.4, -0.2) is 35.0 Å². The number of carbonyl (C=O) groups excluding carboxylic acids is 1. The maximum Gasteiger partial charge on any atom is 0.266 e. The lowest BCUT2D eigenvalue weighted by molar-refractivity contribution is -0.122. The molecule has 0 bridgehead atoms. The lowest BCUT2D eigenvalue weighted by atomic mass is 10.0. The minimum Gasteiger partial charge on any atom is -0.481 e. The molecule has 2 atom stereocenters. The maximum absolute atomic E-state index is 12.3. The second-order valence-electron chi connectivity index (χ2n) is 7.01. The van der Waals surface area contributed by atoms with Crippen molar-refractivity contribution in [3.8, 4) is 11.8 Å². The number of nitrogens with zero attached hydrogens (tertiary/aromatic N) is 3. The first kappa shape index (κ1) is 19.3. The zero-order valence-corrected chi connectivity index (χ0v) is 16.5. The molecule has 0 spiro atoms. The van der Waals surface area contributed by atoms with E-state index in [-0.39, 0.29) is 5.91 Å². The van der Waals surface area contributed by atoms with Crippen LogP contribution in [0.5, 0.6) is 5.75 Å². The van der Waals surface area contributed by atoms with Gasteiger partial charge in [-0.25, -0.2) is 4.98 Å². The third kappa shape index (κ3) is 5.52. The molecule has 0 aliphatic carbocycles. The zero-order chi connectivity index (χ0) is 19.2. The minimum absolute atomic E-state index is 0.244. The van der Waals surface area contributed by atoms with Gasteiger partial charge in [-0.3, -0.25) is 15.0 Å². The van der Waals surface area contributed by atoms with Crippen LogP contribution >= 0.6 is 11.3 Å². The fourth-order valence-electron chi connectivity index (χ4n) is 3.17.